The van der Waals surface area contributed by atoms with Gasteiger partial charge in [0.25, 0.3) is 0 Å². The Hall–Kier alpha value is -0.260. The van der Waals surface area contributed by atoms with E-state index in [9.17, 15) is 0 Å². The van der Waals surface area contributed by atoms with Crippen molar-refractivity contribution in [2.24, 2.45) is 11.8 Å². The van der Waals surface area contributed by atoms with Crippen LogP contribution in [0.25, 0.3) is 0 Å². The molecule has 0 heterocycles. The zero-order valence-corrected chi connectivity index (χ0v) is 9.69. The average molecular weight is 180 g/mol. The molecule has 0 heteroatoms. The van der Waals surface area contributed by atoms with Gasteiger partial charge in [-0.05, 0) is 44.4 Å². The van der Waals surface area contributed by atoms with Crippen LogP contribution in [-0.4, -0.2) is 0 Å². The van der Waals surface area contributed by atoms with Crippen molar-refractivity contribution in [2.75, 3.05) is 0 Å². The maximum absolute atomic E-state index is 2.42. The number of hydrogen-bond donors (Lipinski definition) is 0. The summed E-state index contributed by atoms with van der Waals surface area (Å²) < 4.78 is 0. The average Bonchev–Trinajstić information content (AvgIpc) is 2.63. The maximum Gasteiger partial charge on any atom is -0.0175 e. The monoisotopic (exact) mass is 180 g/mol. The Labute approximate surface area is 83.4 Å². The molecule has 0 bridgehead atoms. The van der Waals surface area contributed by atoms with E-state index in [-0.39, 0.29) is 0 Å². The van der Waals surface area contributed by atoms with Gasteiger partial charge in [-0.15, -0.1) is 0 Å². The van der Waals surface area contributed by atoms with E-state index in [1.807, 2.05) is 0 Å². The first-order chi connectivity index (χ1) is 6.20. The predicted octanol–water partition coefficient (Wildman–Crippen LogP) is 4.56. The zero-order valence-electron chi connectivity index (χ0n) is 9.69. The predicted molar refractivity (Wildman–Crippen MR) is 59.8 cm³/mol. The Morgan fingerprint density at radius 1 is 1.46 bits per heavy atom. The highest BCUT2D eigenvalue weighted by molar-refractivity contribution is 5.19. The molecule has 0 aromatic heterocycles. The summed E-state index contributed by atoms with van der Waals surface area (Å²) in [7, 11) is 0. The summed E-state index contributed by atoms with van der Waals surface area (Å²) >= 11 is 0. The third kappa shape index (κ3) is 2.36. The van der Waals surface area contributed by atoms with E-state index in [4.69, 9.17) is 0 Å². The van der Waals surface area contributed by atoms with Gasteiger partial charge in [0.15, 0.2) is 0 Å². The summed E-state index contributed by atoms with van der Waals surface area (Å²) in [5.74, 6) is 1.82. The number of rotatable bonds is 3. The molecule has 1 aliphatic carbocycles. The van der Waals surface area contributed by atoms with E-state index in [2.05, 4.69) is 27.7 Å². The SMILES string of the molecule is CCC(C)=C1CCCC1C(C)CC. The standard InChI is InChI=1S/C13H24/c1-5-10(3)12-8-7-9-13(12)11(4)6-2/h10,12H,5-9H2,1-4H3. The molecule has 1 rings (SSSR count). The lowest BCUT2D eigenvalue weighted by atomic mass is 9.85. The van der Waals surface area contributed by atoms with E-state index >= 15 is 0 Å². The topological polar surface area (TPSA) is 0 Å². The van der Waals surface area contributed by atoms with Crippen LogP contribution in [0.1, 0.15) is 59.8 Å². The molecule has 0 radical (unpaired) electrons. The minimum atomic E-state index is 0.902. The van der Waals surface area contributed by atoms with Gasteiger partial charge < -0.3 is 0 Å². The summed E-state index contributed by atoms with van der Waals surface area (Å²) in [6.45, 7) is 9.35. The van der Waals surface area contributed by atoms with Crippen molar-refractivity contribution in [1.82, 2.24) is 0 Å². The van der Waals surface area contributed by atoms with Crippen LogP contribution in [-0.2, 0) is 0 Å². The lowest BCUT2D eigenvalue weighted by molar-refractivity contribution is 0.403. The summed E-state index contributed by atoms with van der Waals surface area (Å²) in [6.07, 6.45) is 6.85. The van der Waals surface area contributed by atoms with E-state index in [0.29, 0.717) is 0 Å². The van der Waals surface area contributed by atoms with E-state index < -0.39 is 0 Å². The molecule has 0 amide bonds. The highest BCUT2D eigenvalue weighted by Crippen LogP contribution is 2.39. The van der Waals surface area contributed by atoms with E-state index in [1.165, 1.54) is 32.1 Å². The Morgan fingerprint density at radius 3 is 2.69 bits per heavy atom. The minimum Gasteiger partial charge on any atom is -0.0741 e. The van der Waals surface area contributed by atoms with Gasteiger partial charge in [0.1, 0.15) is 0 Å². The largest absolute Gasteiger partial charge is 0.0741 e. The third-order valence-corrected chi connectivity index (χ3v) is 3.82. The number of hydrogen-bond acceptors (Lipinski definition) is 0. The quantitative estimate of drug-likeness (QED) is 0.558. The highest BCUT2D eigenvalue weighted by atomic mass is 14.3. The number of allylic oxidation sites excluding steroid dienone is 2. The van der Waals surface area contributed by atoms with Gasteiger partial charge in [-0.1, -0.05) is 38.3 Å². The summed E-state index contributed by atoms with van der Waals surface area (Å²) in [4.78, 5) is 0. The van der Waals surface area contributed by atoms with Crippen molar-refractivity contribution in [2.45, 2.75) is 59.8 Å². The second-order valence-corrected chi connectivity index (χ2v) is 4.54. The molecule has 2 unspecified atom stereocenters. The molecule has 0 aromatic rings. The molecule has 1 fully saturated rings. The van der Waals surface area contributed by atoms with Crippen LogP contribution >= 0.6 is 0 Å². The van der Waals surface area contributed by atoms with Gasteiger partial charge >= 0.3 is 0 Å². The smallest absolute Gasteiger partial charge is 0.0175 e. The molecule has 0 N–H and O–H groups in total. The van der Waals surface area contributed by atoms with Crippen molar-refractivity contribution in [3.8, 4) is 0 Å². The molecule has 1 saturated carbocycles. The molecule has 0 spiro atoms. The molecule has 0 aromatic carbocycles. The van der Waals surface area contributed by atoms with Crippen LogP contribution in [0.3, 0.4) is 0 Å². The maximum atomic E-state index is 2.42. The van der Waals surface area contributed by atoms with E-state index in [1.54, 1.807) is 11.1 Å². The summed E-state index contributed by atoms with van der Waals surface area (Å²) in [5.41, 5.74) is 3.47. The lowest BCUT2D eigenvalue weighted by Crippen LogP contribution is -2.09. The second kappa shape index (κ2) is 4.83. The normalized spacial score (nSPS) is 29.1. The second-order valence-electron chi connectivity index (χ2n) is 4.54. The van der Waals surface area contributed by atoms with Crippen molar-refractivity contribution >= 4 is 0 Å². The molecular formula is C13H24. The van der Waals surface area contributed by atoms with Crippen LogP contribution < -0.4 is 0 Å². The molecular weight excluding hydrogens is 156 g/mol. The molecule has 76 valence electrons. The first-order valence-electron chi connectivity index (χ1n) is 5.89. The van der Waals surface area contributed by atoms with E-state index in [0.717, 1.165) is 11.8 Å². The Bertz CT molecular complexity index is 188. The fraction of sp³-hybridized carbons (Fsp3) is 0.846. The van der Waals surface area contributed by atoms with Crippen LogP contribution in [0, 0.1) is 11.8 Å². The lowest BCUT2D eigenvalue weighted by Gasteiger charge is -2.21. The zero-order chi connectivity index (χ0) is 9.84. The van der Waals surface area contributed by atoms with Crippen molar-refractivity contribution < 1.29 is 0 Å². The summed E-state index contributed by atoms with van der Waals surface area (Å²) in [5, 5.41) is 0. The molecule has 13 heavy (non-hydrogen) atoms. The van der Waals surface area contributed by atoms with Crippen LogP contribution in [0.2, 0.25) is 0 Å². The van der Waals surface area contributed by atoms with Gasteiger partial charge in [-0.2, -0.15) is 0 Å². The molecule has 2 atom stereocenters. The third-order valence-electron chi connectivity index (χ3n) is 3.82. The first kappa shape index (κ1) is 10.8. The van der Waals surface area contributed by atoms with Gasteiger partial charge in [0, 0.05) is 0 Å². The van der Waals surface area contributed by atoms with Crippen molar-refractivity contribution in [3.63, 3.8) is 0 Å². The van der Waals surface area contributed by atoms with Gasteiger partial charge in [0.05, 0.1) is 0 Å². The Balaban J connectivity index is 2.74. The van der Waals surface area contributed by atoms with Crippen molar-refractivity contribution in [1.29, 1.82) is 0 Å². The molecule has 0 saturated heterocycles. The van der Waals surface area contributed by atoms with Crippen LogP contribution in [0.15, 0.2) is 11.1 Å². The van der Waals surface area contributed by atoms with Gasteiger partial charge in [-0.3, -0.25) is 0 Å². The molecule has 0 aliphatic heterocycles. The Kier molecular flexibility index (Phi) is 4.02. The minimum absolute atomic E-state index is 0.902. The van der Waals surface area contributed by atoms with Gasteiger partial charge in [-0.25, -0.2) is 0 Å². The fourth-order valence-corrected chi connectivity index (χ4v) is 2.54. The fourth-order valence-electron chi connectivity index (χ4n) is 2.54. The summed E-state index contributed by atoms with van der Waals surface area (Å²) in [6, 6.07) is 0. The molecule has 0 nitrogen and oxygen atoms in total. The van der Waals surface area contributed by atoms with Crippen molar-refractivity contribution in [3.05, 3.63) is 11.1 Å². The van der Waals surface area contributed by atoms with Crippen LogP contribution in [0.4, 0.5) is 0 Å². The van der Waals surface area contributed by atoms with Crippen LogP contribution in [0.5, 0.6) is 0 Å². The molecule has 1 aliphatic rings. The van der Waals surface area contributed by atoms with Gasteiger partial charge in [0.2, 0.25) is 0 Å². The highest BCUT2D eigenvalue weighted by Gasteiger charge is 2.26. The Morgan fingerprint density at radius 2 is 2.15 bits per heavy atom. The first-order valence-corrected chi connectivity index (χ1v) is 5.89.